The molecule has 1 atom stereocenters. The molecule has 0 spiro atoms. The lowest BCUT2D eigenvalue weighted by atomic mass is 9.98. The normalized spacial score (nSPS) is 13.4. The third kappa shape index (κ3) is 3.83. The van der Waals surface area contributed by atoms with E-state index < -0.39 is 0 Å². The number of likely N-dealkylation sites (N-methyl/N-ethyl adjacent to an activating group) is 2. The van der Waals surface area contributed by atoms with Crippen molar-refractivity contribution in [3.63, 3.8) is 0 Å². The summed E-state index contributed by atoms with van der Waals surface area (Å²) in [4.78, 5) is 2.38. The van der Waals surface area contributed by atoms with Gasteiger partial charge in [-0.25, -0.2) is 0 Å². The highest BCUT2D eigenvalue weighted by atomic mass is 15.1. The first-order chi connectivity index (χ1) is 7.95. The first kappa shape index (κ1) is 14.2. The average Bonchev–Trinajstić information content (AvgIpc) is 2.26. The molecule has 0 aliphatic rings. The van der Waals surface area contributed by atoms with E-state index in [9.17, 15) is 0 Å². The fourth-order valence-electron chi connectivity index (χ4n) is 2.06. The lowest BCUT2D eigenvalue weighted by molar-refractivity contribution is 0.246. The zero-order valence-corrected chi connectivity index (χ0v) is 12.0. The molecule has 1 unspecified atom stereocenters. The molecule has 2 heteroatoms. The highest BCUT2D eigenvalue weighted by Gasteiger charge is 2.15. The van der Waals surface area contributed by atoms with Gasteiger partial charge in [-0.15, -0.1) is 0 Å². The molecule has 0 saturated heterocycles. The zero-order chi connectivity index (χ0) is 13.0. The number of nitrogens with one attached hydrogen (secondary N) is 1. The van der Waals surface area contributed by atoms with Crippen LogP contribution in [-0.4, -0.2) is 31.6 Å². The van der Waals surface area contributed by atoms with Crippen molar-refractivity contribution in [2.75, 3.05) is 20.6 Å². The van der Waals surface area contributed by atoms with E-state index in [1.807, 2.05) is 7.05 Å². The lowest BCUT2D eigenvalue weighted by Crippen LogP contribution is -2.35. The van der Waals surface area contributed by atoms with E-state index in [2.05, 4.69) is 63.2 Å². The van der Waals surface area contributed by atoms with Crippen molar-refractivity contribution in [3.05, 3.63) is 34.9 Å². The predicted octanol–water partition coefficient (Wildman–Crippen LogP) is 2.90. The molecule has 0 aliphatic heterocycles. The number of benzene rings is 1. The minimum atomic E-state index is 0.406. The lowest BCUT2D eigenvalue weighted by Gasteiger charge is -2.28. The summed E-state index contributed by atoms with van der Waals surface area (Å²) in [5.74, 6) is 0. The Morgan fingerprint density at radius 2 is 1.88 bits per heavy atom. The first-order valence-corrected chi connectivity index (χ1v) is 6.40. The molecule has 0 radical (unpaired) electrons. The fraction of sp³-hybridized carbons (Fsp3) is 0.600. The largest absolute Gasteiger partial charge is 0.312 e. The highest BCUT2D eigenvalue weighted by Crippen LogP contribution is 2.20. The van der Waals surface area contributed by atoms with Crippen LogP contribution in [0.1, 0.15) is 36.6 Å². The molecule has 96 valence electrons. The van der Waals surface area contributed by atoms with Crippen molar-refractivity contribution in [3.8, 4) is 0 Å². The fourth-order valence-corrected chi connectivity index (χ4v) is 2.06. The number of rotatable bonds is 5. The van der Waals surface area contributed by atoms with Gasteiger partial charge in [0.1, 0.15) is 0 Å². The van der Waals surface area contributed by atoms with E-state index in [1.54, 1.807) is 0 Å². The number of hydrogen-bond acceptors (Lipinski definition) is 2. The third-order valence-corrected chi connectivity index (χ3v) is 3.50. The number of hydrogen-bond donors (Lipinski definition) is 1. The molecule has 0 fully saturated rings. The third-order valence-electron chi connectivity index (χ3n) is 3.50. The van der Waals surface area contributed by atoms with Gasteiger partial charge in [-0.05, 0) is 52.9 Å². The van der Waals surface area contributed by atoms with E-state index in [1.165, 1.54) is 16.7 Å². The summed E-state index contributed by atoms with van der Waals surface area (Å²) in [6.45, 7) is 9.84. The van der Waals surface area contributed by atoms with Gasteiger partial charge in [0.2, 0.25) is 0 Å². The standard InChI is InChI=1S/C15H26N2/c1-11(2)17(6)10-15(16-5)14-8-7-12(3)9-13(14)4/h7-9,11,15-16H,10H2,1-6H3. The smallest absolute Gasteiger partial charge is 0.0449 e. The van der Waals surface area contributed by atoms with Gasteiger partial charge in [-0.3, -0.25) is 0 Å². The predicted molar refractivity (Wildman–Crippen MR) is 75.5 cm³/mol. The van der Waals surface area contributed by atoms with Gasteiger partial charge in [0.25, 0.3) is 0 Å². The van der Waals surface area contributed by atoms with Crippen LogP contribution >= 0.6 is 0 Å². The topological polar surface area (TPSA) is 15.3 Å². The van der Waals surface area contributed by atoms with Crippen molar-refractivity contribution in [2.45, 2.75) is 39.8 Å². The van der Waals surface area contributed by atoms with Crippen LogP contribution in [-0.2, 0) is 0 Å². The maximum Gasteiger partial charge on any atom is 0.0449 e. The first-order valence-electron chi connectivity index (χ1n) is 6.40. The van der Waals surface area contributed by atoms with Crippen LogP contribution in [0.2, 0.25) is 0 Å². The second kappa shape index (κ2) is 6.18. The summed E-state index contributed by atoms with van der Waals surface area (Å²) < 4.78 is 0. The van der Waals surface area contributed by atoms with Gasteiger partial charge < -0.3 is 10.2 Å². The van der Waals surface area contributed by atoms with Crippen molar-refractivity contribution in [1.82, 2.24) is 10.2 Å². The summed E-state index contributed by atoms with van der Waals surface area (Å²) in [6.07, 6.45) is 0. The minimum absolute atomic E-state index is 0.406. The van der Waals surface area contributed by atoms with E-state index >= 15 is 0 Å². The molecule has 0 bridgehead atoms. The molecule has 0 aliphatic carbocycles. The number of aryl methyl sites for hydroxylation is 2. The Bertz CT molecular complexity index is 358. The Kier molecular flexibility index (Phi) is 5.16. The van der Waals surface area contributed by atoms with Gasteiger partial charge in [-0.2, -0.15) is 0 Å². The quantitative estimate of drug-likeness (QED) is 0.842. The van der Waals surface area contributed by atoms with Crippen LogP contribution in [0.5, 0.6) is 0 Å². The summed E-state index contributed by atoms with van der Waals surface area (Å²) in [5.41, 5.74) is 4.12. The maximum absolute atomic E-state index is 3.42. The highest BCUT2D eigenvalue weighted by molar-refractivity contribution is 5.33. The van der Waals surface area contributed by atoms with Crippen molar-refractivity contribution in [2.24, 2.45) is 0 Å². The molecule has 0 saturated carbocycles. The number of nitrogens with zero attached hydrogens (tertiary/aromatic N) is 1. The van der Waals surface area contributed by atoms with Gasteiger partial charge in [0.05, 0.1) is 0 Å². The van der Waals surface area contributed by atoms with E-state index in [0.29, 0.717) is 12.1 Å². The van der Waals surface area contributed by atoms with Crippen LogP contribution in [0.3, 0.4) is 0 Å². The molecule has 17 heavy (non-hydrogen) atoms. The Hall–Kier alpha value is -0.860. The van der Waals surface area contributed by atoms with Gasteiger partial charge >= 0.3 is 0 Å². The molecule has 1 aromatic rings. The molecule has 1 N–H and O–H groups in total. The maximum atomic E-state index is 3.42. The molecule has 0 amide bonds. The SMILES string of the molecule is CNC(CN(C)C(C)C)c1ccc(C)cc1C. The average molecular weight is 234 g/mol. The van der Waals surface area contributed by atoms with Gasteiger partial charge in [0, 0.05) is 18.6 Å². The molecule has 0 heterocycles. The van der Waals surface area contributed by atoms with Gasteiger partial charge in [0.15, 0.2) is 0 Å². The van der Waals surface area contributed by atoms with Crippen LogP contribution in [0.4, 0.5) is 0 Å². The summed E-state index contributed by atoms with van der Waals surface area (Å²) >= 11 is 0. The molecule has 1 aromatic carbocycles. The Labute approximate surface area is 106 Å². The van der Waals surface area contributed by atoms with Gasteiger partial charge in [-0.1, -0.05) is 23.8 Å². The monoisotopic (exact) mass is 234 g/mol. The Morgan fingerprint density at radius 1 is 1.24 bits per heavy atom. The summed E-state index contributed by atoms with van der Waals surface area (Å²) in [5, 5.41) is 3.42. The van der Waals surface area contributed by atoms with E-state index in [4.69, 9.17) is 0 Å². The second-order valence-corrected chi connectivity index (χ2v) is 5.23. The minimum Gasteiger partial charge on any atom is -0.312 e. The molecular formula is C15H26N2. The summed E-state index contributed by atoms with van der Waals surface area (Å²) in [6, 6.07) is 7.69. The van der Waals surface area contributed by atoms with Crippen LogP contribution in [0.15, 0.2) is 18.2 Å². The van der Waals surface area contributed by atoms with Crippen LogP contribution in [0, 0.1) is 13.8 Å². The van der Waals surface area contributed by atoms with Crippen LogP contribution in [0.25, 0.3) is 0 Å². The zero-order valence-electron chi connectivity index (χ0n) is 12.0. The molecule has 1 rings (SSSR count). The Balaban J connectivity index is 2.86. The second-order valence-electron chi connectivity index (χ2n) is 5.23. The Morgan fingerprint density at radius 3 is 2.35 bits per heavy atom. The van der Waals surface area contributed by atoms with Crippen molar-refractivity contribution < 1.29 is 0 Å². The van der Waals surface area contributed by atoms with Crippen LogP contribution < -0.4 is 5.32 Å². The molecule has 2 nitrogen and oxygen atoms in total. The molecule has 0 aromatic heterocycles. The van der Waals surface area contributed by atoms with Crippen molar-refractivity contribution >= 4 is 0 Å². The van der Waals surface area contributed by atoms with E-state index in [0.717, 1.165) is 6.54 Å². The van der Waals surface area contributed by atoms with Crippen molar-refractivity contribution in [1.29, 1.82) is 0 Å². The van der Waals surface area contributed by atoms with E-state index in [-0.39, 0.29) is 0 Å². The molecular weight excluding hydrogens is 208 g/mol. The summed E-state index contributed by atoms with van der Waals surface area (Å²) in [7, 11) is 4.22.